The maximum absolute atomic E-state index is 11.9. The molecule has 0 aromatic heterocycles. The zero-order chi connectivity index (χ0) is 15.2. The minimum absolute atomic E-state index is 0.366. The fraction of sp³-hybridized carbons (Fsp3) is 0.0667. The molecular formula is C15H13NO4Se. The van der Waals surface area contributed by atoms with Gasteiger partial charge in [0.1, 0.15) is 0 Å². The van der Waals surface area contributed by atoms with Gasteiger partial charge in [-0.05, 0) is 0 Å². The van der Waals surface area contributed by atoms with E-state index in [1.807, 2.05) is 60.7 Å². The van der Waals surface area contributed by atoms with E-state index in [4.69, 9.17) is 0 Å². The molecule has 0 fully saturated rings. The molecule has 21 heavy (non-hydrogen) atoms. The Labute approximate surface area is 125 Å². The van der Waals surface area contributed by atoms with E-state index in [2.05, 4.69) is 4.74 Å². The average molecular weight is 350 g/mol. The number of ether oxygens (including phenoxy) is 1. The van der Waals surface area contributed by atoms with Crippen LogP contribution in [0.25, 0.3) is 0 Å². The van der Waals surface area contributed by atoms with E-state index in [1.165, 1.54) is 0 Å². The molecule has 2 rings (SSSR count). The molecule has 0 aliphatic rings. The monoisotopic (exact) mass is 351 g/mol. The maximum atomic E-state index is 11.9. The summed E-state index contributed by atoms with van der Waals surface area (Å²) in [5, 5.41) is 11.4. The van der Waals surface area contributed by atoms with E-state index in [-0.39, 0.29) is 4.54 Å². The van der Waals surface area contributed by atoms with Crippen molar-refractivity contribution < 1.29 is 14.5 Å². The second-order valence-corrected chi connectivity index (χ2v) is 8.06. The molecule has 0 aliphatic heterocycles. The number of nitrogens with zero attached hydrogens (tertiary/aromatic N) is 1. The van der Waals surface area contributed by atoms with Crippen LogP contribution in [-0.4, -0.2) is 36.0 Å². The summed E-state index contributed by atoms with van der Waals surface area (Å²) in [6.07, 6.45) is 0. The second-order valence-electron chi connectivity index (χ2n) is 3.99. The van der Waals surface area contributed by atoms with Gasteiger partial charge in [-0.3, -0.25) is 0 Å². The van der Waals surface area contributed by atoms with Crippen LogP contribution < -0.4 is 8.92 Å². The summed E-state index contributed by atoms with van der Waals surface area (Å²) in [7, 11) is 1.16. The number of carbonyl (C=O) groups excluding carboxylic acids is 1. The van der Waals surface area contributed by atoms with Gasteiger partial charge < -0.3 is 0 Å². The van der Waals surface area contributed by atoms with Gasteiger partial charge in [0.2, 0.25) is 0 Å². The Bertz CT molecular complexity index is 642. The van der Waals surface area contributed by atoms with Crippen molar-refractivity contribution in [1.82, 2.24) is 0 Å². The molecule has 108 valence electrons. The molecule has 0 atom stereocenters. The third kappa shape index (κ3) is 3.42. The number of carbonyl (C=O) groups is 1. The molecule has 0 radical (unpaired) electrons. The molecule has 0 saturated heterocycles. The van der Waals surface area contributed by atoms with E-state index in [9.17, 15) is 14.9 Å². The van der Waals surface area contributed by atoms with Gasteiger partial charge >= 0.3 is 125 Å². The fourth-order valence-electron chi connectivity index (χ4n) is 1.79. The molecule has 0 spiro atoms. The Morgan fingerprint density at radius 3 is 1.76 bits per heavy atom. The van der Waals surface area contributed by atoms with Crippen molar-refractivity contribution >= 4 is 32.9 Å². The van der Waals surface area contributed by atoms with Gasteiger partial charge in [0, 0.05) is 0 Å². The van der Waals surface area contributed by atoms with Crippen molar-refractivity contribution in [1.29, 1.82) is 0 Å². The quantitative estimate of drug-likeness (QED) is 0.348. The third-order valence-corrected chi connectivity index (χ3v) is 7.27. The molecule has 0 N–H and O–H groups in total. The van der Waals surface area contributed by atoms with Crippen molar-refractivity contribution in [3.05, 3.63) is 70.8 Å². The Hall–Kier alpha value is -2.30. The summed E-state index contributed by atoms with van der Waals surface area (Å²) < 4.78 is 5.83. The Kier molecular flexibility index (Phi) is 4.98. The summed E-state index contributed by atoms with van der Waals surface area (Å²) in [5.74, 6) is -0.877. The molecule has 0 amide bonds. The first-order chi connectivity index (χ1) is 10.1. The van der Waals surface area contributed by atoms with Gasteiger partial charge in [0.15, 0.2) is 0 Å². The number of hydrogen-bond donors (Lipinski definition) is 0. The molecule has 5 nitrogen and oxygen atoms in total. The molecular weight excluding hydrogens is 337 g/mol. The van der Waals surface area contributed by atoms with Gasteiger partial charge in [-0.15, -0.1) is 0 Å². The van der Waals surface area contributed by atoms with Crippen molar-refractivity contribution in [2.75, 3.05) is 7.11 Å². The number of hydrogen-bond acceptors (Lipinski definition) is 4. The summed E-state index contributed by atoms with van der Waals surface area (Å²) in [4.78, 5) is 22.6. The Balaban J connectivity index is 2.77. The standard InChI is InChI=1S/C15H13NO4Se/c1-20-15(17)14(16(18)19)21(12-8-4-2-5-9-12)13-10-6-3-7-11-13/h2-11H,1H3. The minimum atomic E-state index is -2.29. The summed E-state index contributed by atoms with van der Waals surface area (Å²) in [6.45, 7) is 0. The topological polar surface area (TPSA) is 69.4 Å². The van der Waals surface area contributed by atoms with Crippen LogP contribution in [0, 0.1) is 10.1 Å². The van der Waals surface area contributed by atoms with Gasteiger partial charge in [-0.25, -0.2) is 0 Å². The number of methoxy groups -OCH3 is 1. The summed E-state index contributed by atoms with van der Waals surface area (Å²) in [6, 6.07) is 18.1. The van der Waals surface area contributed by atoms with Gasteiger partial charge in [0.05, 0.1) is 0 Å². The van der Waals surface area contributed by atoms with E-state index in [0.717, 1.165) is 16.0 Å². The van der Waals surface area contributed by atoms with Crippen molar-refractivity contribution in [3.8, 4) is 0 Å². The van der Waals surface area contributed by atoms with Crippen LogP contribution in [0.5, 0.6) is 0 Å². The summed E-state index contributed by atoms with van der Waals surface area (Å²) >= 11 is -2.29. The predicted molar refractivity (Wildman–Crippen MR) is 81.9 cm³/mol. The van der Waals surface area contributed by atoms with Crippen LogP contribution in [-0.2, 0) is 9.53 Å². The first kappa shape index (κ1) is 15.1. The first-order valence-corrected chi connectivity index (χ1v) is 8.66. The van der Waals surface area contributed by atoms with E-state index in [0.29, 0.717) is 0 Å². The molecule has 0 heterocycles. The van der Waals surface area contributed by atoms with Crippen molar-refractivity contribution in [3.63, 3.8) is 0 Å². The zero-order valence-corrected chi connectivity index (χ0v) is 13.0. The van der Waals surface area contributed by atoms with Crippen molar-refractivity contribution in [2.45, 2.75) is 0 Å². The zero-order valence-electron chi connectivity index (χ0n) is 11.3. The predicted octanol–water partition coefficient (Wildman–Crippen LogP) is 0.457. The number of esters is 1. The van der Waals surface area contributed by atoms with Crippen molar-refractivity contribution in [2.24, 2.45) is 0 Å². The average Bonchev–Trinajstić information content (AvgIpc) is 2.53. The van der Waals surface area contributed by atoms with E-state index < -0.39 is 24.4 Å². The van der Waals surface area contributed by atoms with Crippen LogP contribution in [0.3, 0.4) is 0 Å². The van der Waals surface area contributed by atoms with E-state index in [1.54, 1.807) is 0 Å². The SMILES string of the molecule is COC(=O)C([N+](=O)[O-])=[Se](c1ccccc1)c1ccccc1. The Morgan fingerprint density at radius 1 is 1.00 bits per heavy atom. The van der Waals surface area contributed by atoms with Crippen LogP contribution in [0.2, 0.25) is 0 Å². The first-order valence-electron chi connectivity index (χ1n) is 6.09. The van der Waals surface area contributed by atoms with Crippen LogP contribution >= 0.6 is 0 Å². The second kappa shape index (κ2) is 6.92. The van der Waals surface area contributed by atoms with Crippen LogP contribution in [0.4, 0.5) is 0 Å². The van der Waals surface area contributed by atoms with E-state index >= 15 is 0 Å². The van der Waals surface area contributed by atoms with Crippen LogP contribution in [0.1, 0.15) is 0 Å². The van der Waals surface area contributed by atoms with Gasteiger partial charge in [0.25, 0.3) is 0 Å². The third-order valence-electron chi connectivity index (χ3n) is 2.68. The molecule has 6 heteroatoms. The number of benzene rings is 2. The normalized spacial score (nSPS) is 10.2. The molecule has 0 aliphatic carbocycles. The molecule has 2 aromatic rings. The molecule has 0 bridgehead atoms. The van der Waals surface area contributed by atoms with Gasteiger partial charge in [-0.1, -0.05) is 0 Å². The molecule has 2 aromatic carbocycles. The number of rotatable bonds is 4. The fourth-order valence-corrected chi connectivity index (χ4v) is 5.94. The molecule has 0 saturated carbocycles. The van der Waals surface area contributed by atoms with Gasteiger partial charge in [-0.2, -0.15) is 0 Å². The summed E-state index contributed by atoms with van der Waals surface area (Å²) in [5.41, 5.74) is 0. The molecule has 0 unspecified atom stereocenters. The van der Waals surface area contributed by atoms with Crippen LogP contribution in [0.15, 0.2) is 60.7 Å². The number of nitro groups is 1. The Morgan fingerprint density at radius 2 is 1.43 bits per heavy atom.